The van der Waals surface area contributed by atoms with Crippen LogP contribution in [-0.4, -0.2) is 63.9 Å². The molecule has 18 heavy (non-hydrogen) atoms. The number of rotatable bonds is 5. The van der Waals surface area contributed by atoms with Crippen molar-refractivity contribution < 1.29 is 9.52 Å². The molecule has 0 aliphatic carbocycles. The first kappa shape index (κ1) is 13.5. The highest BCUT2D eigenvalue weighted by Crippen LogP contribution is 2.11. The summed E-state index contributed by atoms with van der Waals surface area (Å²) < 4.78 is 5.39. The molecule has 2 rings (SSSR count). The SMILES string of the molecule is CCC(CO)N1CCN(Cc2nnc(C)o2)CC1. The van der Waals surface area contributed by atoms with Gasteiger partial charge < -0.3 is 9.52 Å². The number of aliphatic hydroxyl groups is 1. The van der Waals surface area contributed by atoms with Crippen LogP contribution in [0.15, 0.2) is 4.42 Å². The predicted octanol–water partition coefficient (Wildman–Crippen LogP) is 0.267. The maximum absolute atomic E-state index is 9.29. The third-order valence-corrected chi connectivity index (χ3v) is 3.53. The standard InChI is InChI=1S/C12H22N4O2/c1-3-11(9-17)16-6-4-15(5-7-16)8-12-14-13-10(2)18-12/h11,17H,3-9H2,1-2H3. The zero-order valence-corrected chi connectivity index (χ0v) is 11.2. The van der Waals surface area contributed by atoms with Gasteiger partial charge in [-0.2, -0.15) is 0 Å². The minimum absolute atomic E-state index is 0.249. The van der Waals surface area contributed by atoms with Crippen LogP contribution >= 0.6 is 0 Å². The van der Waals surface area contributed by atoms with Gasteiger partial charge in [-0.3, -0.25) is 9.80 Å². The normalized spacial score (nSPS) is 20.2. The fourth-order valence-corrected chi connectivity index (χ4v) is 2.38. The van der Waals surface area contributed by atoms with Crippen LogP contribution in [0.1, 0.15) is 25.1 Å². The van der Waals surface area contributed by atoms with E-state index in [2.05, 4.69) is 26.9 Å². The number of aryl methyl sites for hydroxylation is 1. The lowest BCUT2D eigenvalue weighted by atomic mass is 10.1. The first-order valence-electron chi connectivity index (χ1n) is 6.59. The topological polar surface area (TPSA) is 65.6 Å². The van der Waals surface area contributed by atoms with Gasteiger partial charge in [0.25, 0.3) is 0 Å². The van der Waals surface area contributed by atoms with Crippen molar-refractivity contribution in [2.45, 2.75) is 32.9 Å². The lowest BCUT2D eigenvalue weighted by Gasteiger charge is -2.37. The van der Waals surface area contributed by atoms with Gasteiger partial charge in [0, 0.05) is 39.1 Å². The van der Waals surface area contributed by atoms with Crippen LogP contribution in [0.25, 0.3) is 0 Å². The minimum atomic E-state index is 0.249. The molecule has 0 radical (unpaired) electrons. The van der Waals surface area contributed by atoms with Crippen molar-refractivity contribution >= 4 is 0 Å². The second kappa shape index (κ2) is 6.26. The molecule has 0 amide bonds. The Balaban J connectivity index is 1.79. The number of hydrogen-bond donors (Lipinski definition) is 1. The molecule has 1 aliphatic heterocycles. The Bertz CT molecular complexity index is 357. The third kappa shape index (κ3) is 3.28. The van der Waals surface area contributed by atoms with Gasteiger partial charge in [-0.05, 0) is 6.42 Å². The molecule has 6 heteroatoms. The molecule has 0 aromatic carbocycles. The van der Waals surface area contributed by atoms with Gasteiger partial charge >= 0.3 is 0 Å². The molecule has 1 unspecified atom stereocenters. The molecule has 0 bridgehead atoms. The fourth-order valence-electron chi connectivity index (χ4n) is 2.38. The quantitative estimate of drug-likeness (QED) is 0.813. The van der Waals surface area contributed by atoms with E-state index in [-0.39, 0.29) is 6.61 Å². The third-order valence-electron chi connectivity index (χ3n) is 3.53. The molecule has 102 valence electrons. The molecular formula is C12H22N4O2. The van der Waals surface area contributed by atoms with Crippen LogP contribution in [0, 0.1) is 6.92 Å². The second-order valence-electron chi connectivity index (χ2n) is 4.77. The van der Waals surface area contributed by atoms with Gasteiger partial charge in [-0.15, -0.1) is 10.2 Å². The van der Waals surface area contributed by atoms with Crippen molar-refractivity contribution in [1.82, 2.24) is 20.0 Å². The Kier molecular flexibility index (Phi) is 4.68. The highest BCUT2D eigenvalue weighted by molar-refractivity contribution is 4.83. The predicted molar refractivity (Wildman–Crippen MR) is 67.0 cm³/mol. The number of piperazine rings is 1. The van der Waals surface area contributed by atoms with Crippen LogP contribution in [0.2, 0.25) is 0 Å². The summed E-state index contributed by atoms with van der Waals surface area (Å²) in [5.74, 6) is 1.31. The Hall–Kier alpha value is -0.980. The highest BCUT2D eigenvalue weighted by atomic mass is 16.4. The van der Waals surface area contributed by atoms with Gasteiger partial charge in [0.1, 0.15) is 0 Å². The molecule has 1 fully saturated rings. The smallest absolute Gasteiger partial charge is 0.230 e. The van der Waals surface area contributed by atoms with E-state index in [1.54, 1.807) is 0 Å². The molecule has 1 saturated heterocycles. The van der Waals surface area contributed by atoms with Crippen LogP contribution in [0.5, 0.6) is 0 Å². The summed E-state index contributed by atoms with van der Waals surface area (Å²) in [6.07, 6.45) is 0.999. The molecular weight excluding hydrogens is 232 g/mol. The summed E-state index contributed by atoms with van der Waals surface area (Å²) in [7, 11) is 0. The summed E-state index contributed by atoms with van der Waals surface area (Å²) in [5.41, 5.74) is 0. The van der Waals surface area contributed by atoms with Crippen molar-refractivity contribution in [3.8, 4) is 0 Å². The van der Waals surface area contributed by atoms with E-state index in [1.165, 1.54) is 0 Å². The van der Waals surface area contributed by atoms with E-state index in [0.717, 1.165) is 39.1 Å². The maximum atomic E-state index is 9.29. The van der Waals surface area contributed by atoms with Gasteiger partial charge in [0.05, 0.1) is 13.2 Å². The molecule has 1 N–H and O–H groups in total. The maximum Gasteiger partial charge on any atom is 0.230 e. The van der Waals surface area contributed by atoms with Crippen LogP contribution < -0.4 is 0 Å². The molecule has 1 aliphatic rings. The Morgan fingerprint density at radius 1 is 1.28 bits per heavy atom. The number of aromatic nitrogens is 2. The second-order valence-corrected chi connectivity index (χ2v) is 4.77. The zero-order valence-electron chi connectivity index (χ0n) is 11.2. The lowest BCUT2D eigenvalue weighted by Crippen LogP contribution is -2.50. The van der Waals surface area contributed by atoms with Gasteiger partial charge in [-0.25, -0.2) is 0 Å². The molecule has 1 aromatic rings. The monoisotopic (exact) mass is 254 g/mol. The number of nitrogens with zero attached hydrogens (tertiary/aromatic N) is 4. The first-order valence-corrected chi connectivity index (χ1v) is 6.59. The largest absolute Gasteiger partial charge is 0.424 e. The fraction of sp³-hybridized carbons (Fsp3) is 0.833. The summed E-state index contributed by atoms with van der Waals surface area (Å²) >= 11 is 0. The van der Waals surface area contributed by atoms with E-state index in [9.17, 15) is 5.11 Å². The van der Waals surface area contributed by atoms with Crippen molar-refractivity contribution in [2.75, 3.05) is 32.8 Å². The highest BCUT2D eigenvalue weighted by Gasteiger charge is 2.23. The van der Waals surface area contributed by atoms with Crippen molar-refractivity contribution in [1.29, 1.82) is 0 Å². The van der Waals surface area contributed by atoms with Crippen LogP contribution in [-0.2, 0) is 6.54 Å². The number of aliphatic hydroxyl groups excluding tert-OH is 1. The lowest BCUT2D eigenvalue weighted by molar-refractivity contribution is 0.0575. The van der Waals surface area contributed by atoms with Gasteiger partial charge in [-0.1, -0.05) is 6.92 Å². The van der Waals surface area contributed by atoms with Crippen molar-refractivity contribution in [3.05, 3.63) is 11.8 Å². The molecule has 6 nitrogen and oxygen atoms in total. The van der Waals surface area contributed by atoms with Crippen LogP contribution in [0.3, 0.4) is 0 Å². The molecule has 1 aromatic heterocycles. The Morgan fingerprint density at radius 2 is 2.00 bits per heavy atom. The zero-order chi connectivity index (χ0) is 13.0. The number of hydrogen-bond acceptors (Lipinski definition) is 6. The molecule has 1 atom stereocenters. The molecule has 0 saturated carbocycles. The molecule has 2 heterocycles. The average Bonchev–Trinajstić information content (AvgIpc) is 2.78. The van der Waals surface area contributed by atoms with E-state index in [4.69, 9.17) is 4.42 Å². The summed E-state index contributed by atoms with van der Waals surface area (Å²) in [4.78, 5) is 4.67. The van der Waals surface area contributed by atoms with E-state index < -0.39 is 0 Å². The van der Waals surface area contributed by atoms with Gasteiger partial charge in [0.15, 0.2) is 0 Å². The Labute approximate surface area is 108 Å². The van der Waals surface area contributed by atoms with E-state index in [1.807, 2.05) is 6.92 Å². The van der Waals surface area contributed by atoms with Crippen molar-refractivity contribution in [3.63, 3.8) is 0 Å². The van der Waals surface area contributed by atoms with E-state index in [0.29, 0.717) is 17.8 Å². The molecule has 0 spiro atoms. The van der Waals surface area contributed by atoms with E-state index >= 15 is 0 Å². The van der Waals surface area contributed by atoms with Crippen molar-refractivity contribution in [2.24, 2.45) is 0 Å². The van der Waals surface area contributed by atoms with Crippen LogP contribution in [0.4, 0.5) is 0 Å². The first-order chi connectivity index (χ1) is 8.72. The van der Waals surface area contributed by atoms with Gasteiger partial charge in [0.2, 0.25) is 11.8 Å². The summed E-state index contributed by atoms with van der Waals surface area (Å²) in [6, 6.07) is 0.304. The summed E-state index contributed by atoms with van der Waals surface area (Å²) in [6.45, 7) is 8.86. The minimum Gasteiger partial charge on any atom is -0.424 e. The summed E-state index contributed by atoms with van der Waals surface area (Å²) in [5, 5.41) is 17.1. The Morgan fingerprint density at radius 3 is 2.50 bits per heavy atom. The average molecular weight is 254 g/mol.